The second kappa shape index (κ2) is 11.0. The van der Waals surface area contributed by atoms with Crippen molar-refractivity contribution < 1.29 is 8.83 Å². The number of fused-ring (bicyclic) bond motifs is 7. The van der Waals surface area contributed by atoms with Gasteiger partial charge in [-0.25, -0.2) is 0 Å². The molecule has 0 aliphatic heterocycles. The average Bonchev–Trinajstić information content (AvgIpc) is 3.73. The fraction of sp³-hybridized carbons (Fsp3) is 0. The molecule has 0 N–H and O–H groups in total. The smallest absolute Gasteiger partial charge is 0.136 e. The van der Waals surface area contributed by atoms with Crippen LogP contribution < -0.4 is 4.90 Å². The third kappa shape index (κ3) is 4.51. The van der Waals surface area contributed by atoms with E-state index < -0.39 is 0 Å². The van der Waals surface area contributed by atoms with E-state index >= 15 is 0 Å². The van der Waals surface area contributed by atoms with E-state index in [1.54, 1.807) is 0 Å². The van der Waals surface area contributed by atoms with Crippen LogP contribution in [0.25, 0.3) is 76.9 Å². The van der Waals surface area contributed by atoms with Crippen molar-refractivity contribution in [2.45, 2.75) is 0 Å². The van der Waals surface area contributed by atoms with Gasteiger partial charge in [-0.05, 0) is 88.1 Å². The summed E-state index contributed by atoms with van der Waals surface area (Å²) in [5.74, 6) is 0. The molecule has 0 radical (unpaired) electrons. The van der Waals surface area contributed by atoms with Crippen LogP contribution in [0.2, 0.25) is 0 Å². The van der Waals surface area contributed by atoms with E-state index in [0.29, 0.717) is 0 Å². The molecule has 0 bridgehead atoms. The molecule has 10 rings (SSSR count). The van der Waals surface area contributed by atoms with Crippen LogP contribution in [-0.4, -0.2) is 0 Å². The van der Waals surface area contributed by atoms with Gasteiger partial charge >= 0.3 is 0 Å². The van der Waals surface area contributed by atoms with E-state index in [9.17, 15) is 0 Å². The highest BCUT2D eigenvalue weighted by atomic mass is 16.3. The molecule has 0 amide bonds. The molecular weight excluding hydrogens is 599 g/mol. The molecule has 0 aliphatic rings. The van der Waals surface area contributed by atoms with Gasteiger partial charge < -0.3 is 13.7 Å². The van der Waals surface area contributed by atoms with Crippen LogP contribution in [0.15, 0.2) is 185 Å². The lowest BCUT2D eigenvalue weighted by atomic mass is 9.96. The van der Waals surface area contributed by atoms with Crippen molar-refractivity contribution in [2.75, 3.05) is 4.90 Å². The summed E-state index contributed by atoms with van der Waals surface area (Å²) in [5, 5.41) is 6.88. The number of furan rings is 2. The van der Waals surface area contributed by atoms with Gasteiger partial charge in [0.05, 0.1) is 5.69 Å². The van der Waals surface area contributed by atoms with Gasteiger partial charge in [0, 0.05) is 38.5 Å². The number of para-hydroxylation sites is 3. The summed E-state index contributed by atoms with van der Waals surface area (Å²) in [5.41, 5.74) is 11.3. The number of benzene rings is 8. The molecule has 0 unspecified atom stereocenters. The topological polar surface area (TPSA) is 29.5 Å². The third-order valence-corrected chi connectivity index (χ3v) is 9.64. The molecule has 0 saturated heterocycles. The van der Waals surface area contributed by atoms with Crippen molar-refractivity contribution in [1.29, 1.82) is 0 Å². The zero-order valence-corrected chi connectivity index (χ0v) is 26.5. The van der Waals surface area contributed by atoms with Crippen LogP contribution in [0.5, 0.6) is 0 Å². The fourth-order valence-corrected chi connectivity index (χ4v) is 7.37. The Labute approximate surface area is 282 Å². The summed E-state index contributed by atoms with van der Waals surface area (Å²) >= 11 is 0. The van der Waals surface area contributed by atoms with E-state index in [1.165, 1.54) is 16.3 Å². The van der Waals surface area contributed by atoms with Crippen molar-refractivity contribution in [3.05, 3.63) is 176 Å². The van der Waals surface area contributed by atoms with Gasteiger partial charge in [-0.1, -0.05) is 115 Å². The summed E-state index contributed by atoms with van der Waals surface area (Å²) in [7, 11) is 0. The monoisotopic (exact) mass is 627 g/mol. The molecule has 2 heterocycles. The van der Waals surface area contributed by atoms with E-state index in [1.807, 2.05) is 24.3 Å². The summed E-state index contributed by atoms with van der Waals surface area (Å²) < 4.78 is 12.6. The van der Waals surface area contributed by atoms with Crippen molar-refractivity contribution in [1.82, 2.24) is 0 Å². The highest BCUT2D eigenvalue weighted by molar-refractivity contribution is 6.14. The van der Waals surface area contributed by atoms with E-state index in [2.05, 4.69) is 157 Å². The summed E-state index contributed by atoms with van der Waals surface area (Å²) in [6.45, 7) is 0. The zero-order chi connectivity index (χ0) is 32.3. The Morgan fingerprint density at radius 3 is 1.90 bits per heavy atom. The Morgan fingerprint density at radius 1 is 0.347 bits per heavy atom. The van der Waals surface area contributed by atoms with Crippen LogP contribution in [0.3, 0.4) is 0 Å². The maximum Gasteiger partial charge on any atom is 0.136 e. The molecular formula is C46H29NO2. The van der Waals surface area contributed by atoms with Crippen LogP contribution in [0, 0.1) is 0 Å². The number of anilines is 3. The largest absolute Gasteiger partial charge is 0.456 e. The second-order valence-electron chi connectivity index (χ2n) is 12.5. The first-order valence-electron chi connectivity index (χ1n) is 16.6. The van der Waals surface area contributed by atoms with Gasteiger partial charge in [-0.3, -0.25) is 0 Å². The van der Waals surface area contributed by atoms with E-state index in [4.69, 9.17) is 8.83 Å². The highest BCUT2D eigenvalue weighted by Gasteiger charge is 2.21. The number of hydrogen-bond donors (Lipinski definition) is 0. The normalized spacial score (nSPS) is 11.7. The first kappa shape index (κ1) is 27.5. The molecule has 0 atom stereocenters. The Bertz CT molecular complexity index is 2860. The molecule has 0 spiro atoms. The molecule has 8 aromatic carbocycles. The van der Waals surface area contributed by atoms with Crippen LogP contribution in [-0.2, 0) is 0 Å². The standard InChI is InChI=1S/C46H29NO2/c1-2-12-31-27-33(24-23-30(31)11-1)32-13-9-14-34(28-32)47(35-25-26-44-40(29-35)37-16-4-7-20-42(37)48-44)41-19-6-3-15-36(41)38-18-10-22-45-46(38)39-17-5-8-21-43(39)49-45/h1-29H. The minimum Gasteiger partial charge on any atom is -0.456 e. The minimum absolute atomic E-state index is 0.873. The van der Waals surface area contributed by atoms with Crippen LogP contribution in [0.4, 0.5) is 17.1 Å². The van der Waals surface area contributed by atoms with Crippen molar-refractivity contribution in [2.24, 2.45) is 0 Å². The van der Waals surface area contributed by atoms with Gasteiger partial charge in [-0.15, -0.1) is 0 Å². The van der Waals surface area contributed by atoms with Crippen LogP contribution >= 0.6 is 0 Å². The highest BCUT2D eigenvalue weighted by Crippen LogP contribution is 2.46. The molecule has 49 heavy (non-hydrogen) atoms. The second-order valence-corrected chi connectivity index (χ2v) is 12.5. The Morgan fingerprint density at radius 2 is 0.980 bits per heavy atom. The number of nitrogens with zero attached hydrogens (tertiary/aromatic N) is 1. The predicted octanol–water partition coefficient (Wildman–Crippen LogP) is 13.4. The molecule has 2 aromatic heterocycles. The lowest BCUT2D eigenvalue weighted by molar-refractivity contribution is 0.668. The molecule has 230 valence electrons. The van der Waals surface area contributed by atoms with E-state index in [0.717, 1.165) is 77.6 Å². The van der Waals surface area contributed by atoms with Gasteiger partial charge in [0.2, 0.25) is 0 Å². The summed E-state index contributed by atoms with van der Waals surface area (Å²) in [6, 6.07) is 62.2. The zero-order valence-electron chi connectivity index (χ0n) is 26.5. The molecule has 10 aromatic rings. The Hall–Kier alpha value is -6.58. The summed E-state index contributed by atoms with van der Waals surface area (Å²) in [6.07, 6.45) is 0. The number of rotatable bonds is 5. The maximum absolute atomic E-state index is 6.34. The van der Waals surface area contributed by atoms with Gasteiger partial charge in [0.1, 0.15) is 22.3 Å². The maximum atomic E-state index is 6.34. The molecule has 0 fully saturated rings. The lowest BCUT2D eigenvalue weighted by Crippen LogP contribution is -2.11. The molecule has 3 heteroatoms. The summed E-state index contributed by atoms with van der Waals surface area (Å²) in [4.78, 5) is 2.38. The fourth-order valence-electron chi connectivity index (χ4n) is 7.37. The SMILES string of the molecule is c1cc(-c2ccc3ccccc3c2)cc(N(c2ccc3oc4ccccc4c3c2)c2ccccc2-c2cccc3oc4ccccc4c23)c1. The first-order chi connectivity index (χ1) is 24.3. The van der Waals surface area contributed by atoms with Crippen molar-refractivity contribution in [3.8, 4) is 22.3 Å². The Balaban J connectivity index is 1.22. The molecule has 0 saturated carbocycles. The Kier molecular flexibility index (Phi) is 6.18. The quantitative estimate of drug-likeness (QED) is 0.190. The number of hydrogen-bond acceptors (Lipinski definition) is 3. The van der Waals surface area contributed by atoms with Crippen molar-refractivity contribution in [3.63, 3.8) is 0 Å². The predicted molar refractivity (Wildman–Crippen MR) is 204 cm³/mol. The molecule has 3 nitrogen and oxygen atoms in total. The average molecular weight is 628 g/mol. The van der Waals surface area contributed by atoms with Gasteiger partial charge in [-0.2, -0.15) is 0 Å². The van der Waals surface area contributed by atoms with E-state index in [-0.39, 0.29) is 0 Å². The first-order valence-corrected chi connectivity index (χ1v) is 16.6. The van der Waals surface area contributed by atoms with Gasteiger partial charge in [0.25, 0.3) is 0 Å². The molecule has 0 aliphatic carbocycles. The lowest BCUT2D eigenvalue weighted by Gasteiger charge is -2.28. The van der Waals surface area contributed by atoms with Gasteiger partial charge in [0.15, 0.2) is 0 Å². The van der Waals surface area contributed by atoms with Crippen molar-refractivity contribution >= 4 is 71.7 Å². The third-order valence-electron chi connectivity index (χ3n) is 9.64. The minimum atomic E-state index is 0.873. The van der Waals surface area contributed by atoms with Crippen LogP contribution in [0.1, 0.15) is 0 Å².